The third kappa shape index (κ3) is 2.50. The van der Waals surface area contributed by atoms with Gasteiger partial charge in [0, 0.05) is 25.0 Å². The Morgan fingerprint density at radius 2 is 2.56 bits per heavy atom. The van der Waals surface area contributed by atoms with E-state index in [1.165, 1.54) is 12.5 Å². The first-order valence-corrected chi connectivity index (χ1v) is 5.04. The van der Waals surface area contributed by atoms with Gasteiger partial charge in [0.15, 0.2) is 0 Å². The van der Waals surface area contributed by atoms with E-state index in [2.05, 4.69) is 10.3 Å². The number of rotatable bonds is 4. The minimum Gasteiger partial charge on any atom is -0.472 e. The second-order valence-corrected chi connectivity index (χ2v) is 3.65. The molecule has 0 bridgehead atoms. The quantitative estimate of drug-likeness (QED) is 0.843. The smallest absolute Gasteiger partial charge is 0.254 e. The first-order chi connectivity index (χ1) is 7.75. The van der Waals surface area contributed by atoms with Crippen molar-refractivity contribution in [2.75, 3.05) is 0 Å². The van der Waals surface area contributed by atoms with Crippen molar-refractivity contribution in [1.82, 2.24) is 14.9 Å². The van der Waals surface area contributed by atoms with E-state index in [1.807, 2.05) is 17.7 Å². The van der Waals surface area contributed by atoms with Crippen LogP contribution in [-0.4, -0.2) is 21.5 Å². The number of furan rings is 1. The molecule has 5 nitrogen and oxygen atoms in total. The first kappa shape index (κ1) is 10.5. The maximum absolute atomic E-state index is 11.6. The molecule has 0 aliphatic rings. The fourth-order valence-electron chi connectivity index (χ4n) is 1.46. The van der Waals surface area contributed by atoms with Crippen LogP contribution < -0.4 is 5.32 Å². The van der Waals surface area contributed by atoms with Crippen LogP contribution in [0.2, 0.25) is 0 Å². The molecule has 1 unspecified atom stereocenters. The zero-order valence-corrected chi connectivity index (χ0v) is 8.96. The van der Waals surface area contributed by atoms with Gasteiger partial charge in [0.2, 0.25) is 0 Å². The van der Waals surface area contributed by atoms with E-state index in [0.29, 0.717) is 12.1 Å². The summed E-state index contributed by atoms with van der Waals surface area (Å²) in [5, 5.41) is 2.87. The Labute approximate surface area is 93.1 Å². The summed E-state index contributed by atoms with van der Waals surface area (Å²) < 4.78 is 6.76. The molecular weight excluding hydrogens is 206 g/mol. The van der Waals surface area contributed by atoms with Crippen molar-refractivity contribution >= 4 is 5.91 Å². The summed E-state index contributed by atoms with van der Waals surface area (Å²) in [5.41, 5.74) is 0.539. The van der Waals surface area contributed by atoms with Gasteiger partial charge >= 0.3 is 0 Å². The van der Waals surface area contributed by atoms with Gasteiger partial charge in [-0.05, 0) is 13.0 Å². The van der Waals surface area contributed by atoms with Crippen LogP contribution in [0.3, 0.4) is 0 Å². The second kappa shape index (κ2) is 4.65. The predicted octanol–water partition coefficient (Wildman–Crippen LogP) is 1.29. The number of imidazole rings is 1. The average molecular weight is 219 g/mol. The summed E-state index contributed by atoms with van der Waals surface area (Å²) in [6, 6.07) is 1.68. The highest BCUT2D eigenvalue weighted by Crippen LogP contribution is 2.00. The van der Waals surface area contributed by atoms with Crippen molar-refractivity contribution in [2.45, 2.75) is 19.5 Å². The number of amides is 1. The molecule has 0 aromatic carbocycles. The number of hydrogen-bond donors (Lipinski definition) is 1. The lowest BCUT2D eigenvalue weighted by molar-refractivity contribution is 0.0936. The number of aromatic nitrogens is 2. The number of hydrogen-bond acceptors (Lipinski definition) is 3. The highest BCUT2D eigenvalue weighted by molar-refractivity contribution is 5.93. The number of nitrogens with zero attached hydrogens (tertiary/aromatic N) is 2. The third-order valence-electron chi connectivity index (χ3n) is 2.20. The molecule has 2 aromatic heterocycles. The van der Waals surface area contributed by atoms with Gasteiger partial charge < -0.3 is 14.3 Å². The van der Waals surface area contributed by atoms with Crippen molar-refractivity contribution in [2.24, 2.45) is 0 Å². The Kier molecular flexibility index (Phi) is 3.05. The van der Waals surface area contributed by atoms with E-state index in [4.69, 9.17) is 4.42 Å². The van der Waals surface area contributed by atoms with Crippen LogP contribution in [0.1, 0.15) is 17.3 Å². The average Bonchev–Trinajstić information content (AvgIpc) is 2.88. The van der Waals surface area contributed by atoms with Crippen molar-refractivity contribution in [3.63, 3.8) is 0 Å². The topological polar surface area (TPSA) is 60.1 Å². The minimum absolute atomic E-state index is 0.0385. The summed E-state index contributed by atoms with van der Waals surface area (Å²) >= 11 is 0. The molecule has 2 heterocycles. The van der Waals surface area contributed by atoms with E-state index in [-0.39, 0.29) is 11.9 Å². The monoisotopic (exact) mass is 219 g/mol. The van der Waals surface area contributed by atoms with Crippen LogP contribution in [0.5, 0.6) is 0 Å². The molecule has 0 saturated heterocycles. The fraction of sp³-hybridized carbons (Fsp3) is 0.273. The Morgan fingerprint density at radius 1 is 1.69 bits per heavy atom. The highest BCUT2D eigenvalue weighted by Gasteiger charge is 2.10. The molecule has 0 aliphatic heterocycles. The summed E-state index contributed by atoms with van der Waals surface area (Å²) in [7, 11) is 0. The molecule has 0 fully saturated rings. The van der Waals surface area contributed by atoms with Crippen molar-refractivity contribution < 1.29 is 9.21 Å². The molecule has 5 heteroatoms. The second-order valence-electron chi connectivity index (χ2n) is 3.65. The number of nitrogens with one attached hydrogen (secondary N) is 1. The van der Waals surface area contributed by atoms with Gasteiger partial charge in [-0.1, -0.05) is 0 Å². The zero-order valence-electron chi connectivity index (χ0n) is 8.96. The maximum Gasteiger partial charge on any atom is 0.254 e. The third-order valence-corrected chi connectivity index (χ3v) is 2.20. The van der Waals surface area contributed by atoms with E-state index in [1.54, 1.807) is 18.6 Å². The van der Waals surface area contributed by atoms with Crippen LogP contribution in [0, 0.1) is 0 Å². The van der Waals surface area contributed by atoms with E-state index < -0.39 is 0 Å². The predicted molar refractivity (Wildman–Crippen MR) is 57.9 cm³/mol. The van der Waals surface area contributed by atoms with Crippen molar-refractivity contribution in [3.8, 4) is 0 Å². The molecule has 1 amide bonds. The summed E-state index contributed by atoms with van der Waals surface area (Å²) in [4.78, 5) is 15.6. The van der Waals surface area contributed by atoms with Gasteiger partial charge in [-0.25, -0.2) is 4.98 Å². The largest absolute Gasteiger partial charge is 0.472 e. The van der Waals surface area contributed by atoms with E-state index in [0.717, 1.165) is 0 Å². The van der Waals surface area contributed by atoms with Crippen LogP contribution >= 0.6 is 0 Å². The van der Waals surface area contributed by atoms with Gasteiger partial charge in [-0.2, -0.15) is 0 Å². The Morgan fingerprint density at radius 3 is 3.19 bits per heavy atom. The minimum atomic E-state index is -0.124. The van der Waals surface area contributed by atoms with Crippen LogP contribution in [0.15, 0.2) is 41.7 Å². The number of carbonyl (C=O) groups excluding carboxylic acids is 1. The Bertz CT molecular complexity index is 434. The van der Waals surface area contributed by atoms with Crippen molar-refractivity contribution in [1.29, 1.82) is 0 Å². The lowest BCUT2D eigenvalue weighted by atomic mass is 10.2. The molecule has 0 saturated carbocycles. The van der Waals surface area contributed by atoms with Gasteiger partial charge in [0.05, 0.1) is 18.2 Å². The highest BCUT2D eigenvalue weighted by atomic mass is 16.3. The molecule has 1 N–H and O–H groups in total. The molecule has 1 atom stereocenters. The Balaban J connectivity index is 1.88. The SMILES string of the molecule is CC(Cn1ccnc1)NC(=O)c1ccoc1. The van der Waals surface area contributed by atoms with Gasteiger partial charge in [-0.3, -0.25) is 4.79 Å². The molecular formula is C11H13N3O2. The van der Waals surface area contributed by atoms with E-state index in [9.17, 15) is 4.79 Å². The molecule has 2 aromatic rings. The van der Waals surface area contributed by atoms with Gasteiger partial charge in [-0.15, -0.1) is 0 Å². The van der Waals surface area contributed by atoms with E-state index >= 15 is 0 Å². The Hall–Kier alpha value is -2.04. The molecule has 2 rings (SSSR count). The van der Waals surface area contributed by atoms with Crippen LogP contribution in [0.25, 0.3) is 0 Å². The molecule has 16 heavy (non-hydrogen) atoms. The molecule has 0 aliphatic carbocycles. The lowest BCUT2D eigenvalue weighted by Gasteiger charge is -2.13. The van der Waals surface area contributed by atoms with Gasteiger partial charge in [0.25, 0.3) is 5.91 Å². The fourth-order valence-corrected chi connectivity index (χ4v) is 1.46. The first-order valence-electron chi connectivity index (χ1n) is 5.04. The molecule has 0 spiro atoms. The van der Waals surface area contributed by atoms with Crippen LogP contribution in [0.4, 0.5) is 0 Å². The summed E-state index contributed by atoms with van der Waals surface area (Å²) in [5.74, 6) is -0.124. The van der Waals surface area contributed by atoms with Crippen LogP contribution in [-0.2, 0) is 6.54 Å². The molecule has 84 valence electrons. The summed E-state index contributed by atoms with van der Waals surface area (Å²) in [6.45, 7) is 2.64. The normalized spacial score (nSPS) is 12.3. The maximum atomic E-state index is 11.6. The molecule has 0 radical (unpaired) electrons. The van der Waals surface area contributed by atoms with Crippen molar-refractivity contribution in [3.05, 3.63) is 42.9 Å². The zero-order chi connectivity index (χ0) is 11.4. The number of carbonyl (C=O) groups is 1. The van der Waals surface area contributed by atoms with Gasteiger partial charge in [0.1, 0.15) is 6.26 Å². The lowest BCUT2D eigenvalue weighted by Crippen LogP contribution is -2.35. The summed E-state index contributed by atoms with van der Waals surface area (Å²) in [6.07, 6.45) is 8.21. The standard InChI is InChI=1S/C11H13N3O2/c1-9(6-14-4-3-12-8-14)13-11(15)10-2-5-16-7-10/h2-5,7-9H,6H2,1H3,(H,13,15).